The smallest absolute Gasteiger partial charge is 0.168 e. The van der Waals surface area contributed by atoms with Crippen LogP contribution in [-0.2, 0) is 0 Å². The molecule has 0 unspecified atom stereocenters. The summed E-state index contributed by atoms with van der Waals surface area (Å²) in [5.74, 6) is 1.92. The number of aromatic amines is 1. The number of nitrogens with one attached hydrogen (secondary N) is 1. The molecule has 130 valence electrons. The van der Waals surface area contributed by atoms with Gasteiger partial charge in [0.15, 0.2) is 5.65 Å². The molecule has 1 atom stereocenters. The maximum Gasteiger partial charge on any atom is 0.168 e. The van der Waals surface area contributed by atoms with Gasteiger partial charge in [-0.2, -0.15) is 5.10 Å². The number of aromatic nitrogens is 6. The summed E-state index contributed by atoms with van der Waals surface area (Å²) in [5.41, 5.74) is 1.82. The van der Waals surface area contributed by atoms with Crippen LogP contribution in [-0.4, -0.2) is 36.3 Å². The van der Waals surface area contributed by atoms with E-state index in [9.17, 15) is 0 Å². The number of para-hydroxylation sites is 1. The van der Waals surface area contributed by atoms with Crippen molar-refractivity contribution in [2.75, 3.05) is 11.4 Å². The second kappa shape index (κ2) is 6.25. The molecule has 1 aliphatic rings. The summed E-state index contributed by atoms with van der Waals surface area (Å²) in [7, 11) is 0. The topological polar surface area (TPSA) is 75.5 Å². The van der Waals surface area contributed by atoms with E-state index in [2.05, 4.69) is 29.9 Å². The Balaban J connectivity index is 1.62. The van der Waals surface area contributed by atoms with E-state index in [0.29, 0.717) is 0 Å². The number of nitrogens with zero attached hydrogens (tertiary/aromatic N) is 6. The molecule has 1 saturated heterocycles. The van der Waals surface area contributed by atoms with Crippen LogP contribution in [0.4, 0.5) is 5.82 Å². The second-order valence-corrected chi connectivity index (χ2v) is 6.51. The Labute approximate surface area is 150 Å². The first-order valence-corrected chi connectivity index (χ1v) is 8.92. The third kappa shape index (κ3) is 2.44. The molecule has 0 bridgehead atoms. The fraction of sp³-hybridized carbons (Fsp3) is 0.263. The number of benzene rings is 1. The van der Waals surface area contributed by atoms with Crippen LogP contribution in [0.1, 0.15) is 31.1 Å². The number of imidazole rings is 1. The molecule has 0 radical (unpaired) electrons. The van der Waals surface area contributed by atoms with Gasteiger partial charge in [0.1, 0.15) is 18.0 Å². The minimum atomic E-state index is 0.205. The molecule has 1 fully saturated rings. The van der Waals surface area contributed by atoms with Crippen LogP contribution in [0.15, 0.2) is 55.2 Å². The van der Waals surface area contributed by atoms with Gasteiger partial charge >= 0.3 is 0 Å². The molecule has 7 nitrogen and oxygen atoms in total. The maximum absolute atomic E-state index is 4.62. The molecule has 1 aliphatic heterocycles. The predicted molar refractivity (Wildman–Crippen MR) is 99.2 cm³/mol. The zero-order valence-electron chi connectivity index (χ0n) is 14.3. The number of rotatable bonds is 3. The number of anilines is 1. The van der Waals surface area contributed by atoms with Gasteiger partial charge in [-0.3, -0.25) is 0 Å². The summed E-state index contributed by atoms with van der Waals surface area (Å²) in [6.45, 7) is 0.952. The Morgan fingerprint density at radius 1 is 1.04 bits per heavy atom. The van der Waals surface area contributed by atoms with Crippen LogP contribution < -0.4 is 4.90 Å². The zero-order valence-corrected chi connectivity index (χ0v) is 14.3. The molecule has 0 aliphatic carbocycles. The van der Waals surface area contributed by atoms with Gasteiger partial charge in [0.25, 0.3) is 0 Å². The van der Waals surface area contributed by atoms with Crippen molar-refractivity contribution in [3.05, 3.63) is 61.1 Å². The first-order chi connectivity index (χ1) is 12.9. The third-order valence-corrected chi connectivity index (χ3v) is 4.96. The van der Waals surface area contributed by atoms with E-state index in [-0.39, 0.29) is 6.04 Å². The lowest BCUT2D eigenvalue weighted by atomic mass is 10.0. The Kier molecular flexibility index (Phi) is 3.62. The molecule has 3 aromatic heterocycles. The summed E-state index contributed by atoms with van der Waals surface area (Å²) in [4.78, 5) is 19.2. The predicted octanol–water partition coefficient (Wildman–Crippen LogP) is 3.27. The molecular formula is C19H19N7. The normalized spacial score (nSPS) is 17.7. The molecule has 1 aromatic carbocycles. The zero-order chi connectivity index (χ0) is 17.3. The Hall–Kier alpha value is -3.22. The first-order valence-electron chi connectivity index (χ1n) is 8.92. The number of hydrogen-bond donors (Lipinski definition) is 1. The van der Waals surface area contributed by atoms with Crippen molar-refractivity contribution in [1.29, 1.82) is 0 Å². The molecule has 4 heterocycles. The fourth-order valence-electron chi connectivity index (χ4n) is 3.75. The monoisotopic (exact) mass is 345 g/mol. The summed E-state index contributed by atoms with van der Waals surface area (Å²) >= 11 is 0. The van der Waals surface area contributed by atoms with Crippen LogP contribution in [0.25, 0.3) is 16.7 Å². The molecule has 5 rings (SSSR count). The van der Waals surface area contributed by atoms with Crippen LogP contribution in [0.5, 0.6) is 0 Å². The van der Waals surface area contributed by atoms with Crippen LogP contribution >= 0.6 is 0 Å². The third-order valence-electron chi connectivity index (χ3n) is 4.96. The highest BCUT2D eigenvalue weighted by Gasteiger charge is 2.28. The average molecular weight is 345 g/mol. The molecule has 0 spiro atoms. The van der Waals surface area contributed by atoms with Gasteiger partial charge in [-0.15, -0.1) is 0 Å². The van der Waals surface area contributed by atoms with Crippen molar-refractivity contribution in [1.82, 2.24) is 29.7 Å². The number of hydrogen-bond acceptors (Lipinski definition) is 5. The van der Waals surface area contributed by atoms with Gasteiger partial charge in [-0.25, -0.2) is 19.6 Å². The van der Waals surface area contributed by atoms with E-state index >= 15 is 0 Å². The minimum Gasteiger partial charge on any atom is -0.347 e. The first kappa shape index (κ1) is 15.1. The maximum atomic E-state index is 4.62. The summed E-state index contributed by atoms with van der Waals surface area (Å²) in [6.07, 6.45) is 10.6. The van der Waals surface area contributed by atoms with E-state index in [1.165, 1.54) is 6.42 Å². The van der Waals surface area contributed by atoms with Gasteiger partial charge in [0.05, 0.1) is 23.3 Å². The molecule has 1 N–H and O–H groups in total. The van der Waals surface area contributed by atoms with Crippen molar-refractivity contribution in [3.8, 4) is 5.69 Å². The van der Waals surface area contributed by atoms with Crippen LogP contribution in [0.2, 0.25) is 0 Å². The number of H-pyrrole nitrogens is 1. The van der Waals surface area contributed by atoms with E-state index in [0.717, 1.165) is 47.7 Å². The standard InChI is InChI=1S/C19H19N7/c1-2-6-14(7-3-1)26-19-15(12-24-26)18(22-13-23-19)25-11-5-4-8-16(25)17-20-9-10-21-17/h1-3,6-7,9-10,12-13,16H,4-5,8,11H2,(H,20,21)/t16-/m0/s1. The van der Waals surface area contributed by atoms with Gasteiger partial charge < -0.3 is 9.88 Å². The lowest BCUT2D eigenvalue weighted by Crippen LogP contribution is -2.34. The molecule has 7 heteroatoms. The van der Waals surface area contributed by atoms with Crippen molar-refractivity contribution < 1.29 is 0 Å². The molecule has 0 amide bonds. The van der Waals surface area contributed by atoms with Crippen molar-refractivity contribution in [3.63, 3.8) is 0 Å². The number of piperidine rings is 1. The quantitative estimate of drug-likeness (QED) is 0.617. The largest absolute Gasteiger partial charge is 0.347 e. The summed E-state index contributed by atoms with van der Waals surface area (Å²) in [6, 6.07) is 10.3. The second-order valence-electron chi connectivity index (χ2n) is 6.51. The molecule has 0 saturated carbocycles. The van der Waals surface area contributed by atoms with E-state index in [1.54, 1.807) is 6.33 Å². The Morgan fingerprint density at radius 3 is 2.81 bits per heavy atom. The van der Waals surface area contributed by atoms with E-state index in [1.807, 2.05) is 53.6 Å². The highest BCUT2D eigenvalue weighted by atomic mass is 15.3. The highest BCUT2D eigenvalue weighted by molar-refractivity contribution is 5.87. The van der Waals surface area contributed by atoms with Crippen molar-refractivity contribution in [2.24, 2.45) is 0 Å². The van der Waals surface area contributed by atoms with Crippen molar-refractivity contribution in [2.45, 2.75) is 25.3 Å². The highest BCUT2D eigenvalue weighted by Crippen LogP contribution is 2.35. The summed E-state index contributed by atoms with van der Waals surface area (Å²) < 4.78 is 1.87. The van der Waals surface area contributed by atoms with Gasteiger partial charge in [0.2, 0.25) is 0 Å². The molecule has 26 heavy (non-hydrogen) atoms. The SMILES string of the molecule is c1ccc(-n2ncc3c(N4CCCC[C@H]4c4ncc[nH]4)ncnc32)cc1. The summed E-state index contributed by atoms with van der Waals surface area (Å²) in [5, 5.41) is 5.54. The van der Waals surface area contributed by atoms with Crippen LogP contribution in [0.3, 0.4) is 0 Å². The lowest BCUT2D eigenvalue weighted by molar-refractivity contribution is 0.456. The lowest BCUT2D eigenvalue weighted by Gasteiger charge is -2.35. The Morgan fingerprint density at radius 2 is 1.96 bits per heavy atom. The average Bonchev–Trinajstić information content (AvgIpc) is 3.38. The molecular weight excluding hydrogens is 326 g/mol. The molecule has 4 aromatic rings. The van der Waals surface area contributed by atoms with E-state index in [4.69, 9.17) is 0 Å². The Bertz CT molecular complexity index is 1010. The number of fused-ring (bicyclic) bond motifs is 1. The van der Waals surface area contributed by atoms with E-state index < -0.39 is 0 Å². The minimum absolute atomic E-state index is 0.205. The fourth-order valence-corrected chi connectivity index (χ4v) is 3.75. The van der Waals surface area contributed by atoms with Gasteiger partial charge in [-0.05, 0) is 31.4 Å². The van der Waals surface area contributed by atoms with Crippen LogP contribution in [0, 0.1) is 0 Å². The van der Waals surface area contributed by atoms with Gasteiger partial charge in [-0.1, -0.05) is 18.2 Å². The van der Waals surface area contributed by atoms with Gasteiger partial charge in [0, 0.05) is 18.9 Å². The van der Waals surface area contributed by atoms with Crippen molar-refractivity contribution >= 4 is 16.9 Å².